The van der Waals surface area contributed by atoms with Gasteiger partial charge < -0.3 is 10.1 Å². The lowest BCUT2D eigenvalue weighted by molar-refractivity contribution is -0.138. The highest BCUT2D eigenvalue weighted by molar-refractivity contribution is 7.84. The summed E-state index contributed by atoms with van der Waals surface area (Å²) in [6, 6.07) is 1.74. The van der Waals surface area contributed by atoms with Gasteiger partial charge in [-0.25, -0.2) is 4.79 Å². The van der Waals surface area contributed by atoms with Gasteiger partial charge in [0.15, 0.2) is 5.57 Å². The fraction of sp³-hybridized carbons (Fsp3) is 0.500. The van der Waals surface area contributed by atoms with Crippen molar-refractivity contribution in [3.63, 3.8) is 0 Å². The lowest BCUT2D eigenvalue weighted by Crippen LogP contribution is -2.15. The summed E-state index contributed by atoms with van der Waals surface area (Å²) in [5, 5.41) is 11.6. The number of thiol groups is 1. The van der Waals surface area contributed by atoms with Crippen molar-refractivity contribution in [3.8, 4) is 6.07 Å². The van der Waals surface area contributed by atoms with Gasteiger partial charge in [0.1, 0.15) is 6.07 Å². The normalized spacial score (nSPS) is 11.2. The molecule has 0 unspecified atom stereocenters. The van der Waals surface area contributed by atoms with Gasteiger partial charge in [0.25, 0.3) is 0 Å². The lowest BCUT2D eigenvalue weighted by Gasteiger charge is -2.04. The van der Waals surface area contributed by atoms with Crippen LogP contribution in [0.1, 0.15) is 13.8 Å². The Kier molecular flexibility index (Phi) is 5.81. The summed E-state index contributed by atoms with van der Waals surface area (Å²) < 4.78 is 4.65. The zero-order valence-electron chi connectivity index (χ0n) is 7.63. The predicted octanol–water partition coefficient (Wildman–Crippen LogP) is 0.824. The zero-order chi connectivity index (χ0) is 10.3. The average Bonchev–Trinajstić information content (AvgIpc) is 2.06. The molecule has 1 N–H and O–H groups in total. The van der Waals surface area contributed by atoms with Crippen LogP contribution < -0.4 is 5.32 Å². The van der Waals surface area contributed by atoms with E-state index in [4.69, 9.17) is 5.26 Å². The van der Waals surface area contributed by atoms with Crippen LogP contribution >= 0.6 is 12.6 Å². The van der Waals surface area contributed by atoms with Crippen LogP contribution in [0.15, 0.2) is 10.6 Å². The summed E-state index contributed by atoms with van der Waals surface area (Å²) in [4.78, 5) is 11.1. The van der Waals surface area contributed by atoms with E-state index in [1.54, 1.807) is 13.0 Å². The maximum absolute atomic E-state index is 11.1. The van der Waals surface area contributed by atoms with E-state index < -0.39 is 5.97 Å². The molecule has 0 saturated heterocycles. The van der Waals surface area contributed by atoms with Crippen LogP contribution in [0.2, 0.25) is 0 Å². The van der Waals surface area contributed by atoms with Gasteiger partial charge in [-0.15, -0.1) is 12.6 Å². The molecule has 5 heteroatoms. The van der Waals surface area contributed by atoms with Crippen LogP contribution in [-0.4, -0.2) is 19.1 Å². The van der Waals surface area contributed by atoms with E-state index in [0.29, 0.717) is 6.54 Å². The first-order chi connectivity index (χ1) is 6.17. The molecular weight excluding hydrogens is 188 g/mol. The van der Waals surface area contributed by atoms with Crippen molar-refractivity contribution in [2.75, 3.05) is 13.2 Å². The monoisotopic (exact) mass is 200 g/mol. The van der Waals surface area contributed by atoms with E-state index in [1.165, 1.54) is 0 Å². The summed E-state index contributed by atoms with van der Waals surface area (Å²) >= 11 is 3.96. The van der Waals surface area contributed by atoms with Gasteiger partial charge in [-0.2, -0.15) is 5.26 Å². The molecule has 0 aromatic carbocycles. The summed E-state index contributed by atoms with van der Waals surface area (Å²) in [5.41, 5.74) is -0.0907. The second kappa shape index (κ2) is 6.38. The number of nitrogens with zero attached hydrogens (tertiary/aromatic N) is 1. The second-order valence-corrected chi connectivity index (χ2v) is 2.53. The minimum atomic E-state index is -0.643. The summed E-state index contributed by atoms with van der Waals surface area (Å²) in [7, 11) is 0. The minimum absolute atomic E-state index is 0.0907. The summed E-state index contributed by atoms with van der Waals surface area (Å²) in [6.07, 6.45) is 0. The molecule has 0 saturated carbocycles. The van der Waals surface area contributed by atoms with Gasteiger partial charge in [0.05, 0.1) is 11.6 Å². The number of ether oxygens (including phenoxy) is 1. The van der Waals surface area contributed by atoms with Crippen molar-refractivity contribution in [3.05, 3.63) is 10.6 Å². The number of rotatable bonds is 4. The van der Waals surface area contributed by atoms with Gasteiger partial charge in [0.2, 0.25) is 0 Å². The Morgan fingerprint density at radius 1 is 1.62 bits per heavy atom. The fourth-order valence-electron chi connectivity index (χ4n) is 0.654. The topological polar surface area (TPSA) is 62.1 Å². The van der Waals surface area contributed by atoms with Gasteiger partial charge in [0, 0.05) is 6.54 Å². The average molecular weight is 200 g/mol. The Bertz CT molecular complexity index is 255. The van der Waals surface area contributed by atoms with Crippen LogP contribution in [0.4, 0.5) is 0 Å². The first kappa shape index (κ1) is 11.8. The van der Waals surface area contributed by atoms with E-state index in [0.717, 1.165) is 0 Å². The summed E-state index contributed by atoms with van der Waals surface area (Å²) in [5.74, 6) is -0.643. The third-order valence-corrected chi connectivity index (χ3v) is 1.55. The highest BCUT2D eigenvalue weighted by atomic mass is 32.1. The molecule has 0 aliphatic rings. The van der Waals surface area contributed by atoms with Crippen molar-refractivity contribution in [1.29, 1.82) is 5.26 Å². The van der Waals surface area contributed by atoms with E-state index in [2.05, 4.69) is 22.7 Å². The quantitative estimate of drug-likeness (QED) is 0.305. The Labute approximate surface area is 83.0 Å². The molecule has 13 heavy (non-hydrogen) atoms. The third-order valence-electron chi connectivity index (χ3n) is 1.17. The minimum Gasteiger partial charge on any atom is -0.462 e. The molecule has 0 amide bonds. The maximum atomic E-state index is 11.1. The number of carbonyl (C=O) groups excluding carboxylic acids is 1. The molecule has 4 nitrogen and oxygen atoms in total. The Balaban J connectivity index is 4.59. The highest BCUT2D eigenvalue weighted by Crippen LogP contribution is 2.06. The number of nitrogens with one attached hydrogen (secondary N) is 1. The van der Waals surface area contributed by atoms with Crippen LogP contribution in [0.3, 0.4) is 0 Å². The van der Waals surface area contributed by atoms with Gasteiger partial charge in [-0.3, -0.25) is 0 Å². The summed E-state index contributed by atoms with van der Waals surface area (Å²) in [6.45, 7) is 4.37. The third kappa shape index (κ3) is 3.85. The molecule has 0 aliphatic carbocycles. The van der Waals surface area contributed by atoms with Gasteiger partial charge >= 0.3 is 5.97 Å². The Hall–Kier alpha value is -1.15. The first-order valence-electron chi connectivity index (χ1n) is 3.91. The molecular formula is C8H12N2O2S. The number of nitriles is 1. The zero-order valence-corrected chi connectivity index (χ0v) is 8.52. The molecule has 0 heterocycles. The Morgan fingerprint density at radius 3 is 2.62 bits per heavy atom. The molecule has 0 bridgehead atoms. The fourth-order valence-corrected chi connectivity index (χ4v) is 0.954. The largest absolute Gasteiger partial charge is 0.462 e. The first-order valence-corrected chi connectivity index (χ1v) is 4.36. The molecule has 0 fully saturated rings. The number of hydrogen-bond acceptors (Lipinski definition) is 5. The maximum Gasteiger partial charge on any atom is 0.351 e. The van der Waals surface area contributed by atoms with Crippen LogP contribution in [0.25, 0.3) is 0 Å². The van der Waals surface area contributed by atoms with E-state index in [9.17, 15) is 4.79 Å². The van der Waals surface area contributed by atoms with Crippen LogP contribution in [0.5, 0.6) is 0 Å². The van der Waals surface area contributed by atoms with Crippen molar-refractivity contribution >= 4 is 18.6 Å². The van der Waals surface area contributed by atoms with Crippen molar-refractivity contribution in [1.82, 2.24) is 5.32 Å². The molecule has 72 valence electrons. The molecule has 0 spiro atoms. The van der Waals surface area contributed by atoms with Crippen molar-refractivity contribution in [2.24, 2.45) is 0 Å². The molecule has 0 aromatic heterocycles. The van der Waals surface area contributed by atoms with E-state index in [-0.39, 0.29) is 17.2 Å². The molecule has 0 rings (SSSR count). The molecule has 0 radical (unpaired) electrons. The van der Waals surface area contributed by atoms with Gasteiger partial charge in [-0.05, 0) is 13.8 Å². The van der Waals surface area contributed by atoms with Crippen molar-refractivity contribution < 1.29 is 9.53 Å². The van der Waals surface area contributed by atoms with Crippen LogP contribution in [0, 0.1) is 11.3 Å². The Morgan fingerprint density at radius 2 is 2.23 bits per heavy atom. The highest BCUT2D eigenvalue weighted by Gasteiger charge is 2.13. The van der Waals surface area contributed by atoms with Crippen LogP contribution in [-0.2, 0) is 9.53 Å². The number of esters is 1. The molecule has 0 aliphatic heterocycles. The van der Waals surface area contributed by atoms with E-state index in [1.807, 2.05) is 6.92 Å². The molecule has 0 aromatic rings. The smallest absolute Gasteiger partial charge is 0.351 e. The van der Waals surface area contributed by atoms with E-state index >= 15 is 0 Å². The number of hydrogen-bond donors (Lipinski definition) is 2. The van der Waals surface area contributed by atoms with Crippen molar-refractivity contribution in [2.45, 2.75) is 13.8 Å². The number of carbonyl (C=O) groups is 1. The second-order valence-electron chi connectivity index (χ2n) is 2.09. The standard InChI is InChI=1S/C8H12N2O2S/c1-3-10-7(13)6(5-9)8(11)12-4-2/h10,13H,3-4H2,1-2H3/b7-6+. The lowest BCUT2D eigenvalue weighted by atomic mass is 10.3. The predicted molar refractivity (Wildman–Crippen MR) is 51.9 cm³/mol. The van der Waals surface area contributed by atoms with Gasteiger partial charge in [-0.1, -0.05) is 0 Å². The SMILES string of the molecule is CCN/C(S)=C(/C#N)C(=O)OCC. The molecule has 0 atom stereocenters.